The predicted octanol–water partition coefficient (Wildman–Crippen LogP) is 3.56. The van der Waals surface area contributed by atoms with Crippen molar-refractivity contribution in [3.05, 3.63) is 46.7 Å². The van der Waals surface area contributed by atoms with E-state index in [4.69, 9.17) is 0 Å². The standard InChI is InChI=1S/C15H17BrN4O/c1-10(2)9-18-15-17-8-7-13(20-15)14(21)19-12-5-3-11(16)4-6-12/h3-8,10H,9H2,1-2H3,(H,19,21)(H,17,18,20). The second kappa shape index (κ2) is 7.17. The van der Waals surface area contributed by atoms with Gasteiger partial charge in [0.25, 0.3) is 5.91 Å². The van der Waals surface area contributed by atoms with E-state index in [9.17, 15) is 4.79 Å². The molecule has 0 radical (unpaired) electrons. The number of anilines is 2. The van der Waals surface area contributed by atoms with Gasteiger partial charge in [0, 0.05) is 22.9 Å². The van der Waals surface area contributed by atoms with E-state index in [1.807, 2.05) is 24.3 Å². The Labute approximate surface area is 132 Å². The molecule has 1 aromatic heterocycles. The van der Waals surface area contributed by atoms with Crippen LogP contribution in [0.1, 0.15) is 24.3 Å². The van der Waals surface area contributed by atoms with E-state index in [1.54, 1.807) is 12.3 Å². The molecule has 0 aliphatic rings. The van der Waals surface area contributed by atoms with Gasteiger partial charge in [0.05, 0.1) is 0 Å². The lowest BCUT2D eigenvalue weighted by molar-refractivity contribution is 0.102. The zero-order valence-electron chi connectivity index (χ0n) is 11.9. The lowest BCUT2D eigenvalue weighted by Crippen LogP contribution is -2.16. The zero-order chi connectivity index (χ0) is 15.2. The molecular weight excluding hydrogens is 332 g/mol. The number of carbonyl (C=O) groups is 1. The molecule has 1 aromatic carbocycles. The van der Waals surface area contributed by atoms with E-state index in [2.05, 4.69) is 50.4 Å². The summed E-state index contributed by atoms with van der Waals surface area (Å²) in [6.45, 7) is 4.95. The number of carbonyl (C=O) groups excluding carboxylic acids is 1. The number of hydrogen-bond donors (Lipinski definition) is 2. The third kappa shape index (κ3) is 4.82. The lowest BCUT2D eigenvalue weighted by Gasteiger charge is -2.09. The molecule has 2 N–H and O–H groups in total. The molecular formula is C15H17BrN4O. The molecule has 2 aromatic rings. The van der Waals surface area contributed by atoms with Crippen molar-refractivity contribution in [3.63, 3.8) is 0 Å². The summed E-state index contributed by atoms with van der Waals surface area (Å²) in [4.78, 5) is 20.5. The summed E-state index contributed by atoms with van der Waals surface area (Å²) in [6.07, 6.45) is 1.58. The molecule has 0 fully saturated rings. The molecule has 1 heterocycles. The first-order valence-electron chi connectivity index (χ1n) is 6.68. The third-order valence-electron chi connectivity index (χ3n) is 2.66. The first-order chi connectivity index (χ1) is 10.0. The molecule has 5 nitrogen and oxygen atoms in total. The molecule has 0 aliphatic heterocycles. The SMILES string of the molecule is CC(C)CNc1nccc(C(=O)Nc2ccc(Br)cc2)n1. The van der Waals surface area contributed by atoms with Gasteiger partial charge in [0.15, 0.2) is 0 Å². The molecule has 0 atom stereocenters. The van der Waals surface area contributed by atoms with Crippen LogP contribution < -0.4 is 10.6 Å². The quantitative estimate of drug-likeness (QED) is 0.866. The molecule has 1 amide bonds. The Balaban J connectivity index is 2.05. The number of nitrogens with zero attached hydrogens (tertiary/aromatic N) is 2. The van der Waals surface area contributed by atoms with Gasteiger partial charge in [-0.05, 0) is 36.2 Å². The smallest absolute Gasteiger partial charge is 0.274 e. The van der Waals surface area contributed by atoms with Crippen LogP contribution in [0.4, 0.5) is 11.6 Å². The van der Waals surface area contributed by atoms with Gasteiger partial charge in [0.2, 0.25) is 5.95 Å². The van der Waals surface area contributed by atoms with Gasteiger partial charge in [-0.15, -0.1) is 0 Å². The minimum Gasteiger partial charge on any atom is -0.354 e. The fraction of sp³-hybridized carbons (Fsp3) is 0.267. The van der Waals surface area contributed by atoms with Crippen LogP contribution in [0.2, 0.25) is 0 Å². The van der Waals surface area contributed by atoms with Crippen molar-refractivity contribution in [1.82, 2.24) is 9.97 Å². The van der Waals surface area contributed by atoms with Crippen LogP contribution in [-0.2, 0) is 0 Å². The average molecular weight is 349 g/mol. The fourth-order valence-electron chi connectivity index (χ4n) is 1.59. The second-order valence-corrected chi connectivity index (χ2v) is 5.92. The Bertz CT molecular complexity index is 613. The Morgan fingerprint density at radius 1 is 1.24 bits per heavy atom. The van der Waals surface area contributed by atoms with E-state index in [1.165, 1.54) is 0 Å². The van der Waals surface area contributed by atoms with E-state index < -0.39 is 0 Å². The van der Waals surface area contributed by atoms with E-state index >= 15 is 0 Å². The average Bonchev–Trinajstić information content (AvgIpc) is 2.48. The van der Waals surface area contributed by atoms with Gasteiger partial charge in [-0.3, -0.25) is 4.79 Å². The third-order valence-corrected chi connectivity index (χ3v) is 3.19. The zero-order valence-corrected chi connectivity index (χ0v) is 13.5. The molecule has 21 heavy (non-hydrogen) atoms. The van der Waals surface area contributed by atoms with Gasteiger partial charge in [0.1, 0.15) is 5.69 Å². The maximum atomic E-state index is 12.1. The van der Waals surface area contributed by atoms with Crippen molar-refractivity contribution in [2.75, 3.05) is 17.2 Å². The monoisotopic (exact) mass is 348 g/mol. The summed E-state index contributed by atoms with van der Waals surface area (Å²) < 4.78 is 0.961. The fourth-order valence-corrected chi connectivity index (χ4v) is 1.86. The number of halogens is 1. The van der Waals surface area contributed by atoms with Crippen LogP contribution in [0.3, 0.4) is 0 Å². The van der Waals surface area contributed by atoms with Crippen LogP contribution in [-0.4, -0.2) is 22.4 Å². The first-order valence-corrected chi connectivity index (χ1v) is 7.48. The number of nitrogens with one attached hydrogen (secondary N) is 2. The van der Waals surface area contributed by atoms with Crippen LogP contribution in [0.15, 0.2) is 41.0 Å². The number of amides is 1. The van der Waals surface area contributed by atoms with Crippen molar-refractivity contribution in [3.8, 4) is 0 Å². The number of benzene rings is 1. The van der Waals surface area contributed by atoms with Crippen molar-refractivity contribution in [2.45, 2.75) is 13.8 Å². The normalized spacial score (nSPS) is 10.5. The number of aromatic nitrogens is 2. The van der Waals surface area contributed by atoms with Crippen molar-refractivity contribution >= 4 is 33.5 Å². The highest BCUT2D eigenvalue weighted by atomic mass is 79.9. The maximum absolute atomic E-state index is 12.1. The second-order valence-electron chi connectivity index (χ2n) is 5.00. The van der Waals surface area contributed by atoms with Gasteiger partial charge in [-0.2, -0.15) is 0 Å². The van der Waals surface area contributed by atoms with E-state index in [0.717, 1.165) is 16.7 Å². The molecule has 0 aliphatic carbocycles. The molecule has 0 spiro atoms. The molecule has 0 bridgehead atoms. The minimum atomic E-state index is -0.257. The molecule has 0 saturated carbocycles. The summed E-state index contributed by atoms with van der Waals surface area (Å²) in [5.74, 6) is 0.688. The largest absolute Gasteiger partial charge is 0.354 e. The van der Waals surface area contributed by atoms with Gasteiger partial charge in [-0.1, -0.05) is 29.8 Å². The van der Waals surface area contributed by atoms with Crippen molar-refractivity contribution in [2.24, 2.45) is 5.92 Å². The van der Waals surface area contributed by atoms with E-state index in [-0.39, 0.29) is 5.91 Å². The van der Waals surface area contributed by atoms with Crippen LogP contribution in [0.25, 0.3) is 0 Å². The molecule has 6 heteroatoms. The minimum absolute atomic E-state index is 0.257. The predicted molar refractivity (Wildman–Crippen MR) is 87.5 cm³/mol. The summed E-state index contributed by atoms with van der Waals surface area (Å²) >= 11 is 3.35. The lowest BCUT2D eigenvalue weighted by atomic mass is 10.2. The highest BCUT2D eigenvalue weighted by molar-refractivity contribution is 9.10. The summed E-state index contributed by atoms with van der Waals surface area (Å²) in [6, 6.07) is 8.97. The summed E-state index contributed by atoms with van der Waals surface area (Å²) in [5, 5.41) is 5.90. The van der Waals surface area contributed by atoms with Crippen LogP contribution >= 0.6 is 15.9 Å². The van der Waals surface area contributed by atoms with Crippen LogP contribution in [0, 0.1) is 5.92 Å². The van der Waals surface area contributed by atoms with Crippen molar-refractivity contribution in [1.29, 1.82) is 0 Å². The van der Waals surface area contributed by atoms with Gasteiger partial charge in [-0.25, -0.2) is 9.97 Å². The topological polar surface area (TPSA) is 66.9 Å². The Kier molecular flexibility index (Phi) is 5.27. The highest BCUT2D eigenvalue weighted by Crippen LogP contribution is 2.15. The number of hydrogen-bond acceptors (Lipinski definition) is 4. The van der Waals surface area contributed by atoms with Gasteiger partial charge >= 0.3 is 0 Å². The number of rotatable bonds is 5. The molecule has 2 rings (SSSR count). The molecule has 0 unspecified atom stereocenters. The molecule has 110 valence electrons. The summed E-state index contributed by atoms with van der Waals surface area (Å²) in [7, 11) is 0. The van der Waals surface area contributed by atoms with E-state index in [0.29, 0.717) is 17.6 Å². The first kappa shape index (κ1) is 15.4. The molecule has 0 saturated heterocycles. The summed E-state index contributed by atoms with van der Waals surface area (Å²) in [5.41, 5.74) is 1.05. The maximum Gasteiger partial charge on any atom is 0.274 e. The van der Waals surface area contributed by atoms with Gasteiger partial charge < -0.3 is 10.6 Å². The van der Waals surface area contributed by atoms with Crippen LogP contribution in [0.5, 0.6) is 0 Å². The Morgan fingerprint density at radius 2 is 1.95 bits per heavy atom. The van der Waals surface area contributed by atoms with Crippen molar-refractivity contribution < 1.29 is 4.79 Å². The Morgan fingerprint density at radius 3 is 2.62 bits per heavy atom. The highest BCUT2D eigenvalue weighted by Gasteiger charge is 2.09. The Hall–Kier alpha value is -1.95.